The van der Waals surface area contributed by atoms with Crippen LogP contribution in [0.3, 0.4) is 0 Å². The third kappa shape index (κ3) is 15.1. The summed E-state index contributed by atoms with van der Waals surface area (Å²) in [7, 11) is 6.75. The Balaban J connectivity index is 0.00000178. The summed E-state index contributed by atoms with van der Waals surface area (Å²) in [6.07, 6.45) is 14.0. The molecule has 1 saturated carbocycles. The largest absolute Gasteiger partial charge is 0.507 e. The predicted octanol–water partition coefficient (Wildman–Crippen LogP) is 11.3. The van der Waals surface area contributed by atoms with E-state index >= 15 is 0 Å². The van der Waals surface area contributed by atoms with Gasteiger partial charge in [0.1, 0.15) is 11.5 Å². The Morgan fingerprint density at radius 3 is 1.51 bits per heavy atom. The summed E-state index contributed by atoms with van der Waals surface area (Å²) in [6.45, 7) is 7.34. The smallest absolute Gasteiger partial charge is 0.503 e. The molecular formula is C48H65CoN3O5. The normalized spacial score (nSPS) is 15.4. The molecule has 0 bridgehead atoms. The average Bonchev–Trinajstić information content (AvgIpc) is 3.14. The molecule has 2 unspecified atom stereocenters. The molecule has 1 radical (unpaired) electrons. The second kappa shape index (κ2) is 23.7. The molecule has 4 N–H and O–H groups in total. The minimum atomic E-state index is -1.83. The van der Waals surface area contributed by atoms with Crippen molar-refractivity contribution in [2.24, 2.45) is 9.98 Å². The quantitative estimate of drug-likeness (QED) is 0.0412. The topological polar surface area (TPSA) is 123 Å². The molecule has 0 heterocycles. The zero-order chi connectivity index (χ0) is 40.0. The molecule has 4 aromatic carbocycles. The molecule has 0 amide bonds. The first-order valence-electron chi connectivity index (χ1n) is 19.9. The van der Waals surface area contributed by atoms with Crippen LogP contribution in [0.1, 0.15) is 98.1 Å². The van der Waals surface area contributed by atoms with Gasteiger partial charge in [0, 0.05) is 40.3 Å². The number of phenolic OH excluding ortho intramolecular Hbond substituents is 2. The van der Waals surface area contributed by atoms with Crippen LogP contribution in [-0.2, 0) is 29.6 Å². The number of hydrogen-bond acceptors (Lipinski definition) is 5. The molecule has 0 spiro atoms. The van der Waals surface area contributed by atoms with Gasteiger partial charge in [-0.15, -0.1) is 0 Å². The van der Waals surface area contributed by atoms with Crippen LogP contribution in [-0.4, -0.2) is 83.3 Å². The van der Waals surface area contributed by atoms with Crippen molar-refractivity contribution in [3.8, 4) is 33.8 Å². The van der Waals surface area contributed by atoms with E-state index in [2.05, 4.69) is 101 Å². The number of rotatable bonds is 15. The van der Waals surface area contributed by atoms with E-state index in [0.717, 1.165) is 89.4 Å². The molecule has 1 fully saturated rings. The first-order valence-corrected chi connectivity index (χ1v) is 19.9. The second-order valence-electron chi connectivity index (χ2n) is 16.0. The maximum Gasteiger partial charge on any atom is 0.503 e. The van der Waals surface area contributed by atoms with Crippen molar-refractivity contribution >= 4 is 18.6 Å². The van der Waals surface area contributed by atoms with Gasteiger partial charge in [-0.1, -0.05) is 81.1 Å². The molecule has 0 aromatic heterocycles. The van der Waals surface area contributed by atoms with E-state index in [1.54, 1.807) is 0 Å². The maximum absolute atomic E-state index is 11.1. The van der Waals surface area contributed by atoms with Crippen LogP contribution in [0.2, 0.25) is 0 Å². The van der Waals surface area contributed by atoms with Gasteiger partial charge in [0.2, 0.25) is 0 Å². The van der Waals surface area contributed by atoms with Crippen LogP contribution >= 0.6 is 0 Å². The van der Waals surface area contributed by atoms with Crippen molar-refractivity contribution in [3.63, 3.8) is 0 Å². The summed E-state index contributed by atoms with van der Waals surface area (Å²) in [4.78, 5) is 18.7. The molecule has 9 heteroatoms. The Kier molecular flexibility index (Phi) is 20.3. The number of aliphatic imine (C=N–C) groups is 2. The summed E-state index contributed by atoms with van der Waals surface area (Å²) < 4.78 is 0.984. The fourth-order valence-electron chi connectivity index (χ4n) is 7.42. The number of aromatic hydroxyl groups is 2. The monoisotopic (exact) mass is 822 g/mol. The number of benzene rings is 4. The van der Waals surface area contributed by atoms with Crippen molar-refractivity contribution in [3.05, 3.63) is 114 Å². The summed E-state index contributed by atoms with van der Waals surface area (Å²) in [5.74, 6) is 0.568. The van der Waals surface area contributed by atoms with Gasteiger partial charge in [0.15, 0.2) is 0 Å². The zero-order valence-electron chi connectivity index (χ0n) is 35.1. The third-order valence-corrected chi connectivity index (χ3v) is 10.4. The van der Waals surface area contributed by atoms with Gasteiger partial charge >= 0.3 is 6.16 Å². The molecule has 1 aliphatic carbocycles. The van der Waals surface area contributed by atoms with Crippen LogP contribution < -0.4 is 0 Å². The van der Waals surface area contributed by atoms with E-state index in [0.29, 0.717) is 0 Å². The first kappa shape index (κ1) is 48.7. The minimum Gasteiger partial charge on any atom is -0.507 e. The van der Waals surface area contributed by atoms with Crippen molar-refractivity contribution in [1.29, 1.82) is 0 Å². The number of aryl methyl sites for hydroxylation is 4. The molecule has 1 aliphatic rings. The zero-order valence-corrected chi connectivity index (χ0v) is 36.1. The molecular weight excluding hydrogens is 757 g/mol. The Labute approximate surface area is 352 Å². The fraction of sp³-hybridized carbons (Fsp3) is 0.417. The molecule has 311 valence electrons. The van der Waals surface area contributed by atoms with Gasteiger partial charge in [-0.25, -0.2) is 4.79 Å². The predicted molar refractivity (Wildman–Crippen MR) is 234 cm³/mol. The van der Waals surface area contributed by atoms with E-state index in [1.807, 2.05) is 26.3 Å². The van der Waals surface area contributed by atoms with E-state index < -0.39 is 6.16 Å². The van der Waals surface area contributed by atoms with Gasteiger partial charge in [-0.05, 0) is 128 Å². The van der Waals surface area contributed by atoms with E-state index in [9.17, 15) is 10.2 Å². The van der Waals surface area contributed by atoms with E-state index in [4.69, 9.17) is 25.0 Å². The molecule has 2 atom stereocenters. The summed E-state index contributed by atoms with van der Waals surface area (Å²) >= 11 is 0. The molecule has 5 rings (SSSR count). The Bertz CT molecular complexity index is 1930. The van der Waals surface area contributed by atoms with Crippen LogP contribution in [0.15, 0.2) is 82.8 Å². The number of carboxylic acid groups (broad SMARTS) is 2. The van der Waals surface area contributed by atoms with Crippen molar-refractivity contribution in [1.82, 2.24) is 0 Å². The van der Waals surface area contributed by atoms with Gasteiger partial charge < -0.3 is 32.3 Å². The number of quaternary nitrogens is 1. The van der Waals surface area contributed by atoms with Crippen molar-refractivity contribution < 1.29 is 46.5 Å². The Hall–Kier alpha value is -4.44. The summed E-state index contributed by atoms with van der Waals surface area (Å²) in [5, 5.41) is 36.2. The molecule has 0 aliphatic heterocycles. The van der Waals surface area contributed by atoms with Crippen molar-refractivity contribution in [2.75, 3.05) is 27.7 Å². The molecule has 0 saturated heterocycles. The number of phenols is 2. The molecule has 4 aromatic rings. The summed E-state index contributed by atoms with van der Waals surface area (Å²) in [5.41, 5.74) is 10.6. The average molecular weight is 823 g/mol. The fourth-order valence-corrected chi connectivity index (χ4v) is 7.42. The molecule has 8 nitrogen and oxygen atoms in total. The van der Waals surface area contributed by atoms with Crippen LogP contribution in [0.25, 0.3) is 22.3 Å². The number of unbranched alkanes of at least 4 members (excludes halogenated alkanes) is 3. The number of nitrogens with zero attached hydrogens (tertiary/aromatic N) is 3. The van der Waals surface area contributed by atoms with Crippen LogP contribution in [0, 0.1) is 21.3 Å². The second-order valence-corrected chi connectivity index (χ2v) is 16.0. The number of carbonyl (C=O) groups is 1. The van der Waals surface area contributed by atoms with Gasteiger partial charge in [0.25, 0.3) is 0 Å². The third-order valence-electron chi connectivity index (χ3n) is 10.4. The Morgan fingerprint density at radius 1 is 0.702 bits per heavy atom. The van der Waals surface area contributed by atoms with E-state index in [-0.39, 0.29) is 47.8 Å². The Morgan fingerprint density at radius 2 is 1.11 bits per heavy atom. The first-order chi connectivity index (χ1) is 26.3. The van der Waals surface area contributed by atoms with Gasteiger partial charge in [-0.3, -0.25) is 9.98 Å². The number of hydrogen-bond donors (Lipinski definition) is 4. The van der Waals surface area contributed by atoms with E-state index in [1.165, 1.54) is 47.9 Å². The van der Waals surface area contributed by atoms with Crippen LogP contribution in [0.4, 0.5) is 4.79 Å². The SMILES string of the molecule is CCCCCc1ccccc1-c1cc(C)c(O)c(C=NC2CCCCC2N=Cc2cc(-c3ccccc3CCCC[N+](C)(C)C)cc(C)c2O)c1.O=C(O)O.[CH3-].[Co]. The maximum atomic E-state index is 11.1. The molecule has 57 heavy (non-hydrogen) atoms. The van der Waals surface area contributed by atoms with Crippen LogP contribution in [0.5, 0.6) is 11.5 Å². The minimum absolute atomic E-state index is 0. The standard InChI is InChI=1S/C46H59N3O2.CH2O3.CH3.Co/c1-7-8-9-18-35-19-10-12-22-41(35)37-27-33(2)45(50)39(29-37)31-47-43-24-14-15-25-44(43)48-32-40-30-38(28-34(3)46(40)51)42-23-13-11-20-36(42)21-16-17-26-49(4,5)6;2-1(3)4;;/h10-13,19-20,22-23,27-32,43-44H,7-9,14-18,21,24-26H2,1-6H3,(H-,47,48,50,51);(H2,2,3,4);1H3;/q;;-1;/p+1. The summed E-state index contributed by atoms with van der Waals surface area (Å²) in [6, 6.07) is 25.7. The van der Waals surface area contributed by atoms with Gasteiger partial charge in [0.05, 0.1) is 39.8 Å². The van der Waals surface area contributed by atoms with Gasteiger partial charge in [-0.2, -0.15) is 0 Å². The van der Waals surface area contributed by atoms with Crippen molar-refractivity contribution in [2.45, 2.75) is 103 Å².